The molecule has 16 heavy (non-hydrogen) atoms. The summed E-state index contributed by atoms with van der Waals surface area (Å²) in [5.41, 5.74) is 5.46. The van der Waals surface area contributed by atoms with Crippen molar-refractivity contribution in [3.8, 4) is 0 Å². The fourth-order valence-corrected chi connectivity index (χ4v) is 3.73. The summed E-state index contributed by atoms with van der Waals surface area (Å²) in [6.45, 7) is 7.70. The number of benzene rings is 1. The predicted molar refractivity (Wildman–Crippen MR) is 74.6 cm³/mol. The highest BCUT2D eigenvalue weighted by molar-refractivity contribution is 7.99. The highest BCUT2D eigenvalue weighted by Crippen LogP contribution is 2.26. The zero-order chi connectivity index (χ0) is 11.5. The van der Waals surface area contributed by atoms with E-state index in [0.29, 0.717) is 0 Å². The summed E-state index contributed by atoms with van der Waals surface area (Å²) in [7, 11) is 0. The lowest BCUT2D eigenvalue weighted by Crippen LogP contribution is -2.14. The molecule has 0 aliphatic carbocycles. The molecular formula is C14H21NS. The molecule has 0 aromatic heterocycles. The molecule has 0 bridgehead atoms. The van der Waals surface area contributed by atoms with Gasteiger partial charge in [0, 0.05) is 12.2 Å². The van der Waals surface area contributed by atoms with Crippen LogP contribution in [0.25, 0.3) is 0 Å². The van der Waals surface area contributed by atoms with Gasteiger partial charge in [0.25, 0.3) is 0 Å². The maximum atomic E-state index is 3.64. The summed E-state index contributed by atoms with van der Waals surface area (Å²) < 4.78 is 0. The van der Waals surface area contributed by atoms with E-state index in [-0.39, 0.29) is 0 Å². The van der Waals surface area contributed by atoms with Gasteiger partial charge in [0.05, 0.1) is 0 Å². The normalized spacial score (nSPS) is 20.1. The summed E-state index contributed by atoms with van der Waals surface area (Å²) in [6, 6.07) is 4.53. The molecule has 1 saturated heterocycles. The first-order valence-corrected chi connectivity index (χ1v) is 7.22. The highest BCUT2D eigenvalue weighted by atomic mass is 32.2. The Morgan fingerprint density at radius 1 is 1.25 bits per heavy atom. The lowest BCUT2D eigenvalue weighted by Gasteiger charge is -2.16. The predicted octanol–water partition coefficient (Wildman–Crippen LogP) is 3.78. The van der Waals surface area contributed by atoms with Crippen LogP contribution in [0, 0.1) is 26.7 Å². The first-order valence-electron chi connectivity index (χ1n) is 6.06. The van der Waals surface area contributed by atoms with Crippen LogP contribution in [0.5, 0.6) is 0 Å². The van der Waals surface area contributed by atoms with E-state index in [4.69, 9.17) is 0 Å². The molecule has 0 radical (unpaired) electrons. The number of anilines is 1. The second-order valence-corrected chi connectivity index (χ2v) is 6.03. The van der Waals surface area contributed by atoms with Crippen LogP contribution in [0.2, 0.25) is 0 Å². The average molecular weight is 235 g/mol. The molecular weight excluding hydrogens is 214 g/mol. The van der Waals surface area contributed by atoms with Crippen molar-refractivity contribution in [2.24, 2.45) is 5.92 Å². The molecule has 1 atom stereocenters. The first-order chi connectivity index (χ1) is 7.66. The largest absolute Gasteiger partial charge is 0.384 e. The molecule has 0 saturated carbocycles. The van der Waals surface area contributed by atoms with Crippen molar-refractivity contribution in [3.63, 3.8) is 0 Å². The Hall–Kier alpha value is -0.630. The van der Waals surface area contributed by atoms with E-state index in [9.17, 15) is 0 Å². The van der Waals surface area contributed by atoms with E-state index < -0.39 is 0 Å². The van der Waals surface area contributed by atoms with Crippen molar-refractivity contribution in [1.82, 2.24) is 0 Å². The third kappa shape index (κ3) is 2.73. The van der Waals surface area contributed by atoms with Gasteiger partial charge in [-0.2, -0.15) is 11.8 Å². The Kier molecular flexibility index (Phi) is 3.80. The third-order valence-electron chi connectivity index (χ3n) is 3.27. The molecule has 0 amide bonds. The Balaban J connectivity index is 2.03. The van der Waals surface area contributed by atoms with Crippen LogP contribution >= 0.6 is 11.8 Å². The van der Waals surface area contributed by atoms with Crippen LogP contribution in [0.15, 0.2) is 12.1 Å². The van der Waals surface area contributed by atoms with Crippen LogP contribution in [0.4, 0.5) is 5.69 Å². The van der Waals surface area contributed by atoms with Gasteiger partial charge in [-0.15, -0.1) is 0 Å². The molecule has 1 unspecified atom stereocenters. The van der Waals surface area contributed by atoms with Crippen LogP contribution in [0.3, 0.4) is 0 Å². The number of hydrogen-bond donors (Lipinski definition) is 1. The lowest BCUT2D eigenvalue weighted by molar-refractivity contribution is 0.631. The number of thioether (sulfide) groups is 1. The zero-order valence-corrected chi connectivity index (χ0v) is 11.3. The van der Waals surface area contributed by atoms with Gasteiger partial charge in [-0.3, -0.25) is 0 Å². The standard InChI is InChI=1S/C14H21NS/c1-10-6-11(2)14(12(3)7-10)15-8-13-4-5-16-9-13/h6-7,13,15H,4-5,8-9H2,1-3H3. The molecule has 1 aromatic rings. The molecule has 1 aliphatic rings. The van der Waals surface area contributed by atoms with Gasteiger partial charge in [0.2, 0.25) is 0 Å². The topological polar surface area (TPSA) is 12.0 Å². The van der Waals surface area contributed by atoms with E-state index in [2.05, 4.69) is 50.0 Å². The highest BCUT2D eigenvalue weighted by Gasteiger charge is 2.15. The summed E-state index contributed by atoms with van der Waals surface area (Å²) in [5.74, 6) is 3.54. The summed E-state index contributed by atoms with van der Waals surface area (Å²) in [6.07, 6.45) is 1.38. The van der Waals surface area contributed by atoms with E-state index in [0.717, 1.165) is 12.5 Å². The quantitative estimate of drug-likeness (QED) is 0.855. The lowest BCUT2D eigenvalue weighted by atomic mass is 10.0. The molecule has 2 rings (SSSR count). The summed E-state index contributed by atoms with van der Waals surface area (Å²) >= 11 is 2.09. The Bertz CT molecular complexity index is 344. The molecule has 88 valence electrons. The molecule has 1 heterocycles. The minimum absolute atomic E-state index is 0.866. The maximum Gasteiger partial charge on any atom is 0.0399 e. The SMILES string of the molecule is Cc1cc(C)c(NCC2CCSC2)c(C)c1. The second kappa shape index (κ2) is 5.13. The molecule has 1 N–H and O–H groups in total. The molecule has 1 nitrogen and oxygen atoms in total. The Morgan fingerprint density at radius 2 is 1.94 bits per heavy atom. The molecule has 2 heteroatoms. The summed E-state index contributed by atoms with van der Waals surface area (Å²) in [4.78, 5) is 0. The van der Waals surface area contributed by atoms with Crippen molar-refractivity contribution in [2.75, 3.05) is 23.4 Å². The zero-order valence-electron chi connectivity index (χ0n) is 10.5. The van der Waals surface area contributed by atoms with Crippen molar-refractivity contribution in [3.05, 3.63) is 28.8 Å². The smallest absolute Gasteiger partial charge is 0.0399 e. The van der Waals surface area contributed by atoms with Crippen molar-refractivity contribution in [1.29, 1.82) is 0 Å². The van der Waals surface area contributed by atoms with Crippen LogP contribution in [-0.2, 0) is 0 Å². The van der Waals surface area contributed by atoms with Crippen molar-refractivity contribution in [2.45, 2.75) is 27.2 Å². The molecule has 1 aromatic carbocycles. The van der Waals surface area contributed by atoms with E-state index in [1.807, 2.05) is 0 Å². The van der Waals surface area contributed by atoms with Gasteiger partial charge in [-0.05, 0) is 55.7 Å². The van der Waals surface area contributed by atoms with Gasteiger partial charge >= 0.3 is 0 Å². The average Bonchev–Trinajstić information content (AvgIpc) is 2.68. The first kappa shape index (κ1) is 11.8. The van der Waals surface area contributed by atoms with Gasteiger partial charge in [0.1, 0.15) is 0 Å². The monoisotopic (exact) mass is 235 g/mol. The Labute approximate surface area is 103 Å². The molecule has 1 aliphatic heterocycles. The van der Waals surface area contributed by atoms with E-state index in [1.54, 1.807) is 0 Å². The fraction of sp³-hybridized carbons (Fsp3) is 0.571. The second-order valence-electron chi connectivity index (χ2n) is 4.88. The van der Waals surface area contributed by atoms with Crippen molar-refractivity contribution < 1.29 is 0 Å². The van der Waals surface area contributed by atoms with Crippen LogP contribution in [0.1, 0.15) is 23.1 Å². The van der Waals surface area contributed by atoms with Crippen LogP contribution < -0.4 is 5.32 Å². The number of nitrogens with one attached hydrogen (secondary N) is 1. The molecule has 0 spiro atoms. The van der Waals surface area contributed by atoms with Crippen LogP contribution in [-0.4, -0.2) is 18.1 Å². The van der Waals surface area contributed by atoms with E-state index >= 15 is 0 Å². The maximum absolute atomic E-state index is 3.64. The minimum Gasteiger partial charge on any atom is -0.384 e. The number of rotatable bonds is 3. The van der Waals surface area contributed by atoms with Crippen molar-refractivity contribution >= 4 is 17.4 Å². The van der Waals surface area contributed by atoms with Gasteiger partial charge < -0.3 is 5.32 Å². The van der Waals surface area contributed by atoms with Gasteiger partial charge in [0.15, 0.2) is 0 Å². The van der Waals surface area contributed by atoms with Gasteiger partial charge in [-0.25, -0.2) is 0 Å². The fourth-order valence-electron chi connectivity index (χ4n) is 2.45. The van der Waals surface area contributed by atoms with Gasteiger partial charge in [-0.1, -0.05) is 17.7 Å². The van der Waals surface area contributed by atoms with E-state index in [1.165, 1.54) is 40.3 Å². The number of hydrogen-bond acceptors (Lipinski definition) is 2. The Morgan fingerprint density at radius 3 is 2.50 bits per heavy atom. The summed E-state index contributed by atoms with van der Waals surface area (Å²) in [5, 5.41) is 3.64. The third-order valence-corrected chi connectivity index (χ3v) is 4.50. The molecule has 1 fully saturated rings. The number of aryl methyl sites for hydroxylation is 3. The minimum atomic E-state index is 0.866.